The van der Waals surface area contributed by atoms with Gasteiger partial charge < -0.3 is 9.84 Å². The zero-order valence-electron chi connectivity index (χ0n) is 18.9. The lowest BCUT2D eigenvalue weighted by molar-refractivity contribution is -0.256. The smallest absolute Gasteiger partial charge is 0.303 e. The summed E-state index contributed by atoms with van der Waals surface area (Å²) < 4.78 is 23.0. The van der Waals surface area contributed by atoms with E-state index in [4.69, 9.17) is 16.3 Å². The van der Waals surface area contributed by atoms with E-state index in [-0.39, 0.29) is 41.6 Å². The van der Waals surface area contributed by atoms with Gasteiger partial charge >= 0.3 is 5.97 Å². The van der Waals surface area contributed by atoms with Crippen LogP contribution in [0.15, 0.2) is 0 Å². The van der Waals surface area contributed by atoms with Crippen LogP contribution < -0.4 is 0 Å². The van der Waals surface area contributed by atoms with E-state index in [1.807, 2.05) is 20.8 Å². The highest BCUT2D eigenvalue weighted by Crippen LogP contribution is 2.72. The number of ketones is 2. The van der Waals surface area contributed by atoms with Gasteiger partial charge in [-0.3, -0.25) is 14.4 Å². The van der Waals surface area contributed by atoms with Crippen molar-refractivity contribution < 1.29 is 28.6 Å². The molecule has 5 nitrogen and oxygen atoms in total. The predicted molar refractivity (Wildman–Crippen MR) is 113 cm³/mol. The number of fused-ring (bicyclic) bond motifs is 5. The molecule has 3 unspecified atom stereocenters. The van der Waals surface area contributed by atoms with Crippen molar-refractivity contribution in [2.24, 2.45) is 34.5 Å². The number of alkyl halides is 2. The van der Waals surface area contributed by atoms with Crippen LogP contribution in [0.4, 0.5) is 4.39 Å². The van der Waals surface area contributed by atoms with Crippen LogP contribution in [0, 0.1) is 34.5 Å². The molecule has 0 aliphatic heterocycles. The van der Waals surface area contributed by atoms with E-state index in [9.17, 15) is 19.5 Å². The zero-order chi connectivity index (χ0) is 23.0. The van der Waals surface area contributed by atoms with Crippen molar-refractivity contribution in [3.05, 3.63) is 0 Å². The molecule has 0 aromatic heterocycles. The van der Waals surface area contributed by atoms with Crippen molar-refractivity contribution in [3.8, 4) is 0 Å². The van der Waals surface area contributed by atoms with Crippen LogP contribution in [-0.4, -0.2) is 45.9 Å². The van der Waals surface area contributed by atoms with Crippen molar-refractivity contribution in [2.75, 3.05) is 5.88 Å². The summed E-state index contributed by atoms with van der Waals surface area (Å²) >= 11 is 5.98. The second-order valence-electron chi connectivity index (χ2n) is 11.1. The number of hydrogen-bond acceptors (Lipinski definition) is 5. The number of rotatable bonds is 3. The Hall–Kier alpha value is -1.01. The lowest BCUT2D eigenvalue weighted by Gasteiger charge is -2.65. The van der Waals surface area contributed by atoms with Gasteiger partial charge in [-0.2, -0.15) is 0 Å². The fourth-order valence-electron chi connectivity index (χ4n) is 8.57. The molecule has 0 aromatic rings. The highest BCUT2D eigenvalue weighted by molar-refractivity contribution is 6.29. The average molecular weight is 457 g/mol. The molecule has 0 radical (unpaired) electrons. The Balaban J connectivity index is 1.82. The van der Waals surface area contributed by atoms with Gasteiger partial charge in [0, 0.05) is 36.5 Å². The number of hydrogen-bond donors (Lipinski definition) is 1. The summed E-state index contributed by atoms with van der Waals surface area (Å²) in [5.74, 6) is -2.15. The van der Waals surface area contributed by atoms with Crippen molar-refractivity contribution in [2.45, 2.75) is 90.0 Å². The fourth-order valence-corrected chi connectivity index (χ4v) is 8.77. The van der Waals surface area contributed by atoms with E-state index in [1.54, 1.807) is 0 Å². The lowest BCUT2D eigenvalue weighted by atomic mass is 9.42. The van der Waals surface area contributed by atoms with E-state index in [0.29, 0.717) is 32.1 Å². The molecule has 0 heterocycles. The largest absolute Gasteiger partial charge is 0.450 e. The van der Waals surface area contributed by atoms with Gasteiger partial charge in [-0.15, -0.1) is 11.6 Å². The van der Waals surface area contributed by atoms with E-state index in [2.05, 4.69) is 0 Å². The first kappa shape index (κ1) is 23.2. The second-order valence-corrected chi connectivity index (χ2v) is 11.3. The Bertz CT molecular complexity index is 818. The molecule has 174 valence electrons. The van der Waals surface area contributed by atoms with Gasteiger partial charge in [0.15, 0.2) is 11.4 Å². The van der Waals surface area contributed by atoms with Crippen LogP contribution in [0.2, 0.25) is 0 Å². The van der Waals surface area contributed by atoms with Gasteiger partial charge in [0.05, 0.1) is 12.0 Å². The van der Waals surface area contributed by atoms with Crippen molar-refractivity contribution in [1.82, 2.24) is 0 Å². The number of halogens is 2. The maximum atomic E-state index is 17.2. The molecule has 4 saturated carbocycles. The number of carbonyl (C=O) groups is 3. The monoisotopic (exact) mass is 456 g/mol. The molecule has 4 fully saturated rings. The summed E-state index contributed by atoms with van der Waals surface area (Å²) in [6, 6.07) is 0. The van der Waals surface area contributed by atoms with E-state index in [1.165, 1.54) is 6.92 Å². The van der Waals surface area contributed by atoms with Crippen LogP contribution in [0.5, 0.6) is 0 Å². The summed E-state index contributed by atoms with van der Waals surface area (Å²) in [6.45, 7) is 6.92. The number of ether oxygens (including phenoxy) is 1. The molecule has 4 rings (SSSR count). The van der Waals surface area contributed by atoms with Crippen LogP contribution in [0.1, 0.15) is 72.6 Å². The Morgan fingerprint density at radius 1 is 1.23 bits per heavy atom. The third-order valence-corrected chi connectivity index (χ3v) is 10.2. The average Bonchev–Trinajstić information content (AvgIpc) is 2.90. The minimum absolute atomic E-state index is 0.0289. The summed E-state index contributed by atoms with van der Waals surface area (Å²) in [6.07, 6.45) is 1.71. The highest BCUT2D eigenvalue weighted by atomic mass is 35.5. The van der Waals surface area contributed by atoms with Gasteiger partial charge in [-0.1, -0.05) is 20.8 Å². The van der Waals surface area contributed by atoms with Crippen molar-refractivity contribution in [1.29, 1.82) is 0 Å². The third kappa shape index (κ3) is 2.73. The van der Waals surface area contributed by atoms with Gasteiger partial charge in [0.2, 0.25) is 0 Å². The minimum atomic E-state index is -1.84. The van der Waals surface area contributed by atoms with E-state index in [0.717, 1.165) is 6.42 Å². The summed E-state index contributed by atoms with van der Waals surface area (Å²) in [5, 5.41) is 11.4. The maximum absolute atomic E-state index is 17.2. The Morgan fingerprint density at radius 3 is 2.52 bits per heavy atom. The molecule has 31 heavy (non-hydrogen) atoms. The van der Waals surface area contributed by atoms with Crippen molar-refractivity contribution >= 4 is 29.1 Å². The van der Waals surface area contributed by atoms with Gasteiger partial charge in [0.1, 0.15) is 11.5 Å². The normalized spacial score (nSPS) is 51.5. The topological polar surface area (TPSA) is 80.7 Å². The molecular weight excluding hydrogens is 423 g/mol. The summed E-state index contributed by atoms with van der Waals surface area (Å²) in [5.41, 5.74) is -4.99. The number of esters is 1. The predicted octanol–water partition coefficient (Wildman–Crippen LogP) is 4.02. The van der Waals surface area contributed by atoms with Crippen LogP contribution in [0.3, 0.4) is 0 Å². The Kier molecular flexibility index (Phi) is 5.41. The van der Waals surface area contributed by atoms with Crippen LogP contribution >= 0.6 is 11.6 Å². The Labute approximate surface area is 188 Å². The first-order chi connectivity index (χ1) is 14.4. The molecule has 9 atom stereocenters. The highest BCUT2D eigenvalue weighted by Gasteiger charge is 2.77. The van der Waals surface area contributed by atoms with E-state index < -0.39 is 40.1 Å². The standard InChI is InChI=1S/C24H34ClFO5/c1-13-9-18-17-6-5-15-10-16(28)7-8-21(15,3)23(17,26)19(29)11-22(18,4)24(13,20(30)12-25)31-14(2)27/h13,15,17-19,29H,5-12H2,1-4H3/t13?,15?,17-,18-,19?,21-,22-,23-,24-/m0/s1. The maximum Gasteiger partial charge on any atom is 0.303 e. The molecule has 7 heteroatoms. The van der Waals surface area contributed by atoms with E-state index >= 15 is 4.39 Å². The molecule has 0 aromatic carbocycles. The van der Waals surface area contributed by atoms with Gasteiger partial charge in [0.25, 0.3) is 0 Å². The molecule has 4 aliphatic carbocycles. The summed E-state index contributed by atoms with van der Waals surface area (Å²) in [7, 11) is 0. The molecule has 0 spiro atoms. The number of aliphatic hydroxyl groups is 1. The van der Waals surface area contributed by atoms with Crippen LogP contribution in [0.25, 0.3) is 0 Å². The molecule has 1 N–H and O–H groups in total. The fraction of sp³-hybridized carbons (Fsp3) is 0.875. The third-order valence-electron chi connectivity index (χ3n) is 9.94. The molecule has 0 saturated heterocycles. The van der Waals surface area contributed by atoms with Crippen molar-refractivity contribution in [3.63, 3.8) is 0 Å². The Morgan fingerprint density at radius 2 is 1.90 bits per heavy atom. The lowest BCUT2D eigenvalue weighted by Crippen LogP contribution is -2.71. The first-order valence-electron chi connectivity index (χ1n) is 11.6. The zero-order valence-corrected chi connectivity index (χ0v) is 19.6. The number of Topliss-reactive ketones (excluding diaryl/α,β-unsaturated/α-hetero) is 2. The SMILES string of the molecule is CC(=O)O[C@]1(C(=O)CCl)C(C)C[C@H]2[C@@H]3CCC4CC(=O)CC[C@]4(C)[C@@]3(F)C(O)C[C@@]21C. The number of aliphatic hydroxyl groups excluding tert-OH is 1. The molecule has 0 amide bonds. The molecule has 0 bridgehead atoms. The number of carbonyl (C=O) groups excluding carboxylic acids is 3. The minimum Gasteiger partial charge on any atom is -0.450 e. The first-order valence-corrected chi connectivity index (χ1v) is 12.1. The second kappa shape index (κ2) is 7.24. The van der Waals surface area contributed by atoms with Crippen LogP contribution in [-0.2, 0) is 19.1 Å². The van der Waals surface area contributed by atoms with Gasteiger partial charge in [-0.25, -0.2) is 4.39 Å². The molecule has 4 aliphatic rings. The quantitative estimate of drug-likeness (QED) is 0.512. The molecular formula is C24H34ClFO5. The summed E-state index contributed by atoms with van der Waals surface area (Å²) in [4.78, 5) is 37.4. The van der Waals surface area contributed by atoms with Gasteiger partial charge in [-0.05, 0) is 49.9 Å².